The summed E-state index contributed by atoms with van der Waals surface area (Å²) < 4.78 is 4.77. The van der Waals surface area contributed by atoms with Crippen molar-refractivity contribution < 1.29 is 19.1 Å². The van der Waals surface area contributed by atoms with Crippen LogP contribution in [0.1, 0.15) is 64.3 Å². The average molecular weight is 481 g/mol. The predicted octanol–water partition coefficient (Wildman–Crippen LogP) is 5.97. The number of ether oxygens (including phenoxy) is 1. The topological polar surface area (TPSA) is 84.5 Å². The monoisotopic (exact) mass is 480 g/mol. The second-order valence-electron chi connectivity index (χ2n) is 8.59. The number of esters is 1. The second kappa shape index (κ2) is 11.5. The molecule has 0 aliphatic rings. The van der Waals surface area contributed by atoms with Crippen LogP contribution >= 0.6 is 11.6 Å². The van der Waals surface area contributed by atoms with E-state index in [0.717, 1.165) is 5.56 Å². The number of anilines is 1. The fraction of sp³-hybridized carbons (Fsp3) is 0.222. The van der Waals surface area contributed by atoms with Crippen LogP contribution in [0.15, 0.2) is 78.0 Å². The maximum Gasteiger partial charge on any atom is 0.337 e. The Bertz CT molecular complexity index is 1160. The molecule has 0 fully saturated rings. The lowest BCUT2D eigenvalue weighted by Crippen LogP contribution is -2.24. The molecule has 0 heterocycles. The molecule has 34 heavy (non-hydrogen) atoms. The van der Waals surface area contributed by atoms with E-state index in [1.54, 1.807) is 31.2 Å². The fourth-order valence-corrected chi connectivity index (χ4v) is 3.03. The molecule has 178 valence electrons. The van der Waals surface area contributed by atoms with Gasteiger partial charge in [0, 0.05) is 16.3 Å². The van der Waals surface area contributed by atoms with Crippen LogP contribution in [0.5, 0.6) is 0 Å². The van der Waals surface area contributed by atoms with Crippen molar-refractivity contribution in [3.05, 3.63) is 100 Å². The number of benzene rings is 2. The van der Waals surface area contributed by atoms with Gasteiger partial charge in [0.2, 0.25) is 0 Å². The van der Waals surface area contributed by atoms with Gasteiger partial charge in [-0.3, -0.25) is 9.59 Å². The van der Waals surface area contributed by atoms with Crippen LogP contribution < -0.4 is 10.6 Å². The highest BCUT2D eigenvalue weighted by Gasteiger charge is 2.19. The number of halogens is 1. The normalized spacial score (nSPS) is 12.1. The van der Waals surface area contributed by atoms with Crippen molar-refractivity contribution in [3.8, 4) is 0 Å². The van der Waals surface area contributed by atoms with E-state index in [0.29, 0.717) is 16.3 Å². The number of methoxy groups -OCH3 is 1. The lowest BCUT2D eigenvalue weighted by Gasteiger charge is -2.19. The highest BCUT2D eigenvalue weighted by Crippen LogP contribution is 2.24. The maximum absolute atomic E-state index is 12.9. The highest BCUT2D eigenvalue weighted by molar-refractivity contribution is 6.31. The number of nitrogens with one attached hydrogen (secondary N) is 2. The first kappa shape index (κ1) is 26.6. The summed E-state index contributed by atoms with van der Waals surface area (Å²) in [6.07, 6.45) is 4.69. The quantitative estimate of drug-likeness (QED) is 0.378. The summed E-state index contributed by atoms with van der Waals surface area (Å²) >= 11 is 5.89. The Morgan fingerprint density at radius 3 is 2.15 bits per heavy atom. The van der Waals surface area contributed by atoms with E-state index >= 15 is 0 Å². The van der Waals surface area contributed by atoms with Crippen LogP contribution in [0.3, 0.4) is 0 Å². The van der Waals surface area contributed by atoms with Crippen molar-refractivity contribution in [2.45, 2.75) is 33.1 Å². The second-order valence-corrected chi connectivity index (χ2v) is 9.03. The van der Waals surface area contributed by atoms with Gasteiger partial charge in [-0.1, -0.05) is 57.2 Å². The Hall–Kier alpha value is -3.64. The van der Waals surface area contributed by atoms with Gasteiger partial charge in [0.1, 0.15) is 0 Å². The fourth-order valence-electron chi connectivity index (χ4n) is 2.97. The number of carbonyl (C=O) groups excluding carboxylic acids is 3. The van der Waals surface area contributed by atoms with Crippen molar-refractivity contribution in [1.82, 2.24) is 5.32 Å². The molecule has 0 aromatic heterocycles. The minimum absolute atomic E-state index is 0.0500. The lowest BCUT2D eigenvalue weighted by atomic mass is 9.86. The Labute approximate surface area is 205 Å². The third kappa shape index (κ3) is 7.18. The first-order chi connectivity index (χ1) is 16.0. The number of hydrogen-bond donors (Lipinski definition) is 2. The first-order valence-electron chi connectivity index (χ1n) is 10.6. The number of allylic oxidation sites excluding steroid dienone is 5. The summed E-state index contributed by atoms with van der Waals surface area (Å²) in [5.74, 6) is -1.46. The van der Waals surface area contributed by atoms with Crippen molar-refractivity contribution >= 4 is 35.1 Å². The molecular weight excluding hydrogens is 452 g/mol. The number of carbonyl (C=O) groups is 3. The lowest BCUT2D eigenvalue weighted by molar-refractivity contribution is 0.0600. The SMILES string of the molecule is C=C/C(Cl)=C\C=C(/C)NC(=O)c1ccc(C(=O)OC)cc1NC(=O)c1ccc(C(C)(C)C)cc1. The third-order valence-corrected chi connectivity index (χ3v) is 5.23. The van der Waals surface area contributed by atoms with E-state index in [9.17, 15) is 14.4 Å². The zero-order chi connectivity index (χ0) is 25.5. The Kier molecular flexibility index (Phi) is 8.98. The van der Waals surface area contributed by atoms with Crippen molar-refractivity contribution in [2.24, 2.45) is 0 Å². The number of rotatable bonds is 7. The van der Waals surface area contributed by atoms with Crippen LogP contribution in [0, 0.1) is 0 Å². The summed E-state index contributed by atoms with van der Waals surface area (Å²) in [4.78, 5) is 37.9. The third-order valence-electron chi connectivity index (χ3n) is 4.94. The summed E-state index contributed by atoms with van der Waals surface area (Å²) in [6.45, 7) is 11.5. The Morgan fingerprint density at radius 1 is 0.971 bits per heavy atom. The molecule has 7 heteroatoms. The summed E-state index contributed by atoms with van der Waals surface area (Å²) in [7, 11) is 1.26. The van der Waals surface area contributed by atoms with Gasteiger partial charge in [-0.15, -0.1) is 0 Å². The zero-order valence-electron chi connectivity index (χ0n) is 20.0. The summed E-state index contributed by atoms with van der Waals surface area (Å²) in [5.41, 5.74) is 2.54. The standard InChI is InChI=1S/C27H29ClN2O4/c1-7-21(28)14-8-17(2)29-25(32)22-15-11-19(26(33)34-6)16-23(22)30-24(31)18-9-12-20(13-10-18)27(3,4)5/h7-16H,1H2,2-6H3,(H,29,32)(H,30,31)/b17-8+,21-14+. The number of amides is 2. The van der Waals surface area contributed by atoms with Crippen LogP contribution in [0.2, 0.25) is 0 Å². The van der Waals surface area contributed by atoms with Crippen LogP contribution in [0.4, 0.5) is 5.69 Å². The Balaban J connectivity index is 2.36. The Morgan fingerprint density at radius 2 is 1.59 bits per heavy atom. The predicted molar refractivity (Wildman–Crippen MR) is 136 cm³/mol. The van der Waals surface area contributed by atoms with Gasteiger partial charge in [-0.2, -0.15) is 0 Å². The molecule has 0 aliphatic carbocycles. The molecule has 0 radical (unpaired) electrons. The van der Waals surface area contributed by atoms with Gasteiger partial charge in [-0.05, 0) is 60.4 Å². The zero-order valence-corrected chi connectivity index (χ0v) is 20.7. The minimum Gasteiger partial charge on any atom is -0.465 e. The van der Waals surface area contributed by atoms with Crippen LogP contribution in [-0.2, 0) is 10.2 Å². The average Bonchev–Trinajstić information content (AvgIpc) is 2.81. The van der Waals surface area contributed by atoms with Crippen molar-refractivity contribution in [2.75, 3.05) is 12.4 Å². The number of hydrogen-bond acceptors (Lipinski definition) is 4. The van der Waals surface area contributed by atoms with Crippen molar-refractivity contribution in [1.29, 1.82) is 0 Å². The molecule has 0 aliphatic heterocycles. The molecule has 2 rings (SSSR count). The molecule has 0 bridgehead atoms. The van der Waals surface area contributed by atoms with E-state index in [4.69, 9.17) is 16.3 Å². The molecule has 0 saturated heterocycles. The highest BCUT2D eigenvalue weighted by atomic mass is 35.5. The largest absolute Gasteiger partial charge is 0.465 e. The van der Waals surface area contributed by atoms with E-state index in [1.165, 1.54) is 31.4 Å². The molecular formula is C27H29ClN2O4. The smallest absolute Gasteiger partial charge is 0.337 e. The molecule has 2 aromatic carbocycles. The van der Waals surface area contributed by atoms with Gasteiger partial charge in [0.15, 0.2) is 0 Å². The van der Waals surface area contributed by atoms with Crippen LogP contribution in [0.25, 0.3) is 0 Å². The van der Waals surface area contributed by atoms with Gasteiger partial charge in [-0.25, -0.2) is 4.79 Å². The molecule has 2 aromatic rings. The van der Waals surface area contributed by atoms with Gasteiger partial charge in [0.25, 0.3) is 11.8 Å². The molecule has 0 unspecified atom stereocenters. The molecule has 0 spiro atoms. The molecule has 2 amide bonds. The molecule has 6 nitrogen and oxygen atoms in total. The van der Waals surface area contributed by atoms with Gasteiger partial charge in [0.05, 0.1) is 23.9 Å². The van der Waals surface area contributed by atoms with E-state index in [1.807, 2.05) is 12.1 Å². The molecule has 0 saturated carbocycles. The van der Waals surface area contributed by atoms with Gasteiger partial charge >= 0.3 is 5.97 Å². The molecule has 2 N–H and O–H groups in total. The van der Waals surface area contributed by atoms with E-state index < -0.39 is 17.8 Å². The minimum atomic E-state index is -0.586. The van der Waals surface area contributed by atoms with Crippen molar-refractivity contribution in [3.63, 3.8) is 0 Å². The summed E-state index contributed by atoms with van der Waals surface area (Å²) in [5, 5.41) is 5.90. The molecule has 0 atom stereocenters. The van der Waals surface area contributed by atoms with Gasteiger partial charge < -0.3 is 15.4 Å². The van der Waals surface area contributed by atoms with Crippen LogP contribution in [-0.4, -0.2) is 24.9 Å². The van der Waals surface area contributed by atoms with E-state index in [2.05, 4.69) is 38.0 Å². The maximum atomic E-state index is 12.9. The summed E-state index contributed by atoms with van der Waals surface area (Å²) in [6, 6.07) is 11.6. The first-order valence-corrected chi connectivity index (χ1v) is 11.0. The van der Waals surface area contributed by atoms with E-state index in [-0.39, 0.29) is 22.2 Å².